The van der Waals surface area contributed by atoms with E-state index in [0.717, 1.165) is 43.3 Å². The number of aryl methyl sites for hydroxylation is 3. The number of methoxy groups -OCH3 is 1. The van der Waals surface area contributed by atoms with Crippen molar-refractivity contribution in [2.45, 2.75) is 40.3 Å². The summed E-state index contributed by atoms with van der Waals surface area (Å²) in [4.78, 5) is 16.1. The molecule has 154 valence electrons. The van der Waals surface area contributed by atoms with E-state index in [2.05, 4.69) is 33.7 Å². The second-order valence-electron chi connectivity index (χ2n) is 6.31. The van der Waals surface area contributed by atoms with Crippen molar-refractivity contribution >= 4 is 35.9 Å². The third kappa shape index (κ3) is 7.49. The number of halogens is 1. The van der Waals surface area contributed by atoms with Crippen molar-refractivity contribution < 1.29 is 9.53 Å². The molecule has 0 unspecified atom stereocenters. The van der Waals surface area contributed by atoms with Crippen LogP contribution in [0.5, 0.6) is 0 Å². The molecule has 0 saturated carbocycles. The quantitative estimate of drug-likeness (QED) is 0.192. The number of rotatable bonds is 8. The van der Waals surface area contributed by atoms with Crippen LogP contribution < -0.4 is 10.6 Å². The lowest BCUT2D eigenvalue weighted by Gasteiger charge is -2.12. The van der Waals surface area contributed by atoms with Crippen LogP contribution in [0.2, 0.25) is 0 Å². The van der Waals surface area contributed by atoms with Gasteiger partial charge in [-0.2, -0.15) is 5.10 Å². The van der Waals surface area contributed by atoms with E-state index < -0.39 is 0 Å². The largest absolute Gasteiger partial charge is 0.465 e. The summed E-state index contributed by atoms with van der Waals surface area (Å²) in [7, 11) is 1.38. The Hall–Kier alpha value is -2.10. The van der Waals surface area contributed by atoms with E-state index in [1.807, 2.05) is 30.7 Å². The Morgan fingerprint density at radius 1 is 1.21 bits per heavy atom. The first kappa shape index (κ1) is 23.9. The number of guanidine groups is 1. The second kappa shape index (κ2) is 12.4. The normalized spacial score (nSPS) is 10.9. The average Bonchev–Trinajstić information content (AvgIpc) is 3.00. The van der Waals surface area contributed by atoms with Gasteiger partial charge in [0.2, 0.25) is 0 Å². The first-order chi connectivity index (χ1) is 13.0. The third-order valence-electron chi connectivity index (χ3n) is 4.08. The highest BCUT2D eigenvalue weighted by atomic mass is 127. The number of nitrogens with zero attached hydrogens (tertiary/aromatic N) is 3. The van der Waals surface area contributed by atoms with E-state index in [1.54, 1.807) is 12.1 Å². The molecule has 0 atom stereocenters. The van der Waals surface area contributed by atoms with Crippen LogP contribution in [0.15, 0.2) is 35.3 Å². The monoisotopic (exact) mass is 499 g/mol. The molecule has 2 rings (SSSR count). The summed E-state index contributed by atoms with van der Waals surface area (Å²) in [5, 5.41) is 11.1. The van der Waals surface area contributed by atoms with Crippen LogP contribution in [0.4, 0.5) is 0 Å². The van der Waals surface area contributed by atoms with Crippen LogP contribution in [0.1, 0.15) is 40.7 Å². The molecule has 0 saturated heterocycles. The second-order valence-corrected chi connectivity index (χ2v) is 6.31. The minimum Gasteiger partial charge on any atom is -0.465 e. The lowest BCUT2D eigenvalue weighted by Crippen LogP contribution is -2.38. The lowest BCUT2D eigenvalue weighted by molar-refractivity contribution is 0.0600. The maximum absolute atomic E-state index is 11.5. The van der Waals surface area contributed by atoms with Gasteiger partial charge in [0.1, 0.15) is 0 Å². The first-order valence-electron chi connectivity index (χ1n) is 9.24. The fourth-order valence-corrected chi connectivity index (χ4v) is 2.71. The molecule has 28 heavy (non-hydrogen) atoms. The van der Waals surface area contributed by atoms with E-state index in [4.69, 9.17) is 4.74 Å². The van der Waals surface area contributed by atoms with Crippen LogP contribution in [-0.2, 0) is 17.8 Å². The van der Waals surface area contributed by atoms with Crippen LogP contribution in [0.3, 0.4) is 0 Å². The summed E-state index contributed by atoms with van der Waals surface area (Å²) in [5.74, 6) is 0.450. The number of carbonyl (C=O) groups is 1. The highest BCUT2D eigenvalue weighted by Crippen LogP contribution is 2.07. The molecule has 0 aliphatic heterocycles. The Morgan fingerprint density at radius 2 is 1.93 bits per heavy atom. The summed E-state index contributed by atoms with van der Waals surface area (Å²) < 4.78 is 6.74. The Kier molecular flexibility index (Phi) is 10.6. The minimum absolute atomic E-state index is 0. The minimum atomic E-state index is -0.331. The summed E-state index contributed by atoms with van der Waals surface area (Å²) >= 11 is 0. The Bertz CT molecular complexity index is 771. The van der Waals surface area contributed by atoms with Gasteiger partial charge >= 0.3 is 5.97 Å². The van der Waals surface area contributed by atoms with E-state index >= 15 is 0 Å². The number of hydrogen-bond acceptors (Lipinski definition) is 4. The number of nitrogens with one attached hydrogen (secondary N) is 2. The fourth-order valence-electron chi connectivity index (χ4n) is 2.71. The predicted octanol–water partition coefficient (Wildman–Crippen LogP) is 3.05. The topological polar surface area (TPSA) is 80.5 Å². The van der Waals surface area contributed by atoms with E-state index in [-0.39, 0.29) is 29.9 Å². The van der Waals surface area contributed by atoms with Crippen LogP contribution >= 0.6 is 24.0 Å². The van der Waals surface area contributed by atoms with Gasteiger partial charge in [-0.3, -0.25) is 4.68 Å². The highest BCUT2D eigenvalue weighted by Gasteiger charge is 2.05. The van der Waals surface area contributed by atoms with Crippen LogP contribution in [0, 0.1) is 13.8 Å². The van der Waals surface area contributed by atoms with Gasteiger partial charge in [-0.15, -0.1) is 24.0 Å². The highest BCUT2D eigenvalue weighted by molar-refractivity contribution is 14.0. The van der Waals surface area contributed by atoms with Crippen LogP contribution in [-0.4, -0.2) is 41.9 Å². The number of esters is 1. The molecule has 0 aliphatic rings. The van der Waals surface area contributed by atoms with Gasteiger partial charge in [0.25, 0.3) is 0 Å². The first-order valence-corrected chi connectivity index (χ1v) is 9.24. The van der Waals surface area contributed by atoms with Gasteiger partial charge in [-0.1, -0.05) is 12.1 Å². The third-order valence-corrected chi connectivity index (χ3v) is 4.08. The van der Waals surface area contributed by atoms with Gasteiger partial charge in [0.15, 0.2) is 5.96 Å². The van der Waals surface area contributed by atoms with Gasteiger partial charge in [0.05, 0.1) is 24.9 Å². The van der Waals surface area contributed by atoms with E-state index in [1.165, 1.54) is 12.8 Å². The molecule has 2 N–H and O–H groups in total. The van der Waals surface area contributed by atoms with Gasteiger partial charge in [0, 0.05) is 25.3 Å². The standard InChI is InChI=1S/C20H29N5O2.HI/c1-5-21-20(22-11-6-12-25-16(3)13-15(2)24-25)23-14-17-7-9-18(10-8-17)19(26)27-4;/h7-10,13H,5-6,11-12,14H2,1-4H3,(H2,21,22,23);1H. The summed E-state index contributed by atoms with van der Waals surface area (Å²) in [5.41, 5.74) is 3.80. The Balaban J connectivity index is 0.00000392. The van der Waals surface area contributed by atoms with Crippen molar-refractivity contribution in [1.29, 1.82) is 0 Å². The van der Waals surface area contributed by atoms with Crippen molar-refractivity contribution in [1.82, 2.24) is 20.4 Å². The molecule has 0 aliphatic carbocycles. The van der Waals surface area contributed by atoms with Crippen molar-refractivity contribution in [3.63, 3.8) is 0 Å². The predicted molar refractivity (Wildman–Crippen MR) is 122 cm³/mol. The molecule has 1 heterocycles. The maximum atomic E-state index is 11.5. The smallest absolute Gasteiger partial charge is 0.337 e. The van der Waals surface area contributed by atoms with Gasteiger partial charge in [-0.25, -0.2) is 9.79 Å². The molecule has 1 aromatic heterocycles. The summed E-state index contributed by atoms with van der Waals surface area (Å²) in [6, 6.07) is 9.38. The molecule has 7 nitrogen and oxygen atoms in total. The number of aromatic nitrogens is 2. The molecule has 0 amide bonds. The zero-order valence-electron chi connectivity index (χ0n) is 17.0. The molecule has 2 aromatic rings. The molecule has 0 fully saturated rings. The fraction of sp³-hybridized carbons (Fsp3) is 0.450. The summed E-state index contributed by atoms with van der Waals surface area (Å²) in [6.07, 6.45) is 0.959. The Morgan fingerprint density at radius 3 is 2.50 bits per heavy atom. The van der Waals surface area contributed by atoms with E-state index in [0.29, 0.717) is 12.1 Å². The zero-order chi connectivity index (χ0) is 19.6. The van der Waals surface area contributed by atoms with E-state index in [9.17, 15) is 4.79 Å². The maximum Gasteiger partial charge on any atom is 0.337 e. The van der Waals surface area contributed by atoms with Crippen molar-refractivity contribution in [2.75, 3.05) is 20.2 Å². The molecular formula is C20H30IN5O2. The average molecular weight is 499 g/mol. The molecule has 0 bridgehead atoms. The molecular weight excluding hydrogens is 469 g/mol. The Labute approximate surface area is 184 Å². The van der Waals surface area contributed by atoms with Gasteiger partial charge in [-0.05, 0) is 51.0 Å². The molecule has 8 heteroatoms. The molecule has 0 radical (unpaired) electrons. The van der Waals surface area contributed by atoms with Crippen molar-refractivity contribution in [2.24, 2.45) is 4.99 Å². The van der Waals surface area contributed by atoms with Crippen molar-refractivity contribution in [3.05, 3.63) is 52.8 Å². The zero-order valence-corrected chi connectivity index (χ0v) is 19.3. The van der Waals surface area contributed by atoms with Crippen LogP contribution in [0.25, 0.3) is 0 Å². The van der Waals surface area contributed by atoms with Gasteiger partial charge < -0.3 is 15.4 Å². The lowest BCUT2D eigenvalue weighted by atomic mass is 10.1. The number of ether oxygens (including phenoxy) is 1. The molecule has 0 spiro atoms. The SMILES string of the molecule is CCNC(=NCc1ccc(C(=O)OC)cc1)NCCCn1nc(C)cc1C.I. The summed E-state index contributed by atoms with van der Waals surface area (Å²) in [6.45, 7) is 9.14. The number of hydrogen-bond donors (Lipinski definition) is 2. The number of benzene rings is 1. The number of aliphatic imine (C=N–C) groups is 1. The van der Waals surface area contributed by atoms with Crippen molar-refractivity contribution in [3.8, 4) is 0 Å². The number of carbonyl (C=O) groups excluding carboxylic acids is 1. The molecule has 1 aromatic carbocycles.